The number of benzene rings is 1. The van der Waals surface area contributed by atoms with E-state index in [9.17, 15) is 4.79 Å². The highest BCUT2D eigenvalue weighted by Gasteiger charge is 2.26. The zero-order chi connectivity index (χ0) is 12.3. The van der Waals surface area contributed by atoms with Crippen molar-refractivity contribution in [2.45, 2.75) is 18.9 Å². The first-order valence-electron chi connectivity index (χ1n) is 5.85. The molecule has 1 saturated heterocycles. The zero-order valence-corrected chi connectivity index (χ0v) is 10.1. The Labute approximate surface area is 101 Å². The fourth-order valence-electron chi connectivity index (χ4n) is 2.11. The summed E-state index contributed by atoms with van der Waals surface area (Å²) in [7, 11) is 1.65. The molecule has 1 aliphatic rings. The summed E-state index contributed by atoms with van der Waals surface area (Å²) in [5.41, 5.74) is 6.93. The molecule has 1 aromatic rings. The molecular formula is C13H18N2O2. The number of likely N-dealkylation sites (tertiary alicyclic amines) is 1. The van der Waals surface area contributed by atoms with Gasteiger partial charge in [-0.3, -0.25) is 4.79 Å². The third kappa shape index (κ3) is 2.97. The van der Waals surface area contributed by atoms with Crippen molar-refractivity contribution in [3.05, 3.63) is 29.8 Å². The van der Waals surface area contributed by atoms with E-state index in [4.69, 9.17) is 10.5 Å². The highest BCUT2D eigenvalue weighted by molar-refractivity contribution is 5.79. The minimum Gasteiger partial charge on any atom is -0.497 e. The quantitative estimate of drug-likeness (QED) is 0.838. The Morgan fingerprint density at radius 2 is 2.35 bits per heavy atom. The molecule has 0 aliphatic carbocycles. The molecule has 17 heavy (non-hydrogen) atoms. The molecule has 0 spiro atoms. The number of nitrogens with zero attached hydrogens (tertiary/aromatic N) is 1. The second-order valence-electron chi connectivity index (χ2n) is 4.41. The van der Waals surface area contributed by atoms with Crippen LogP contribution in [0.25, 0.3) is 0 Å². The van der Waals surface area contributed by atoms with Gasteiger partial charge in [-0.25, -0.2) is 0 Å². The van der Waals surface area contributed by atoms with Gasteiger partial charge in [0.2, 0.25) is 5.91 Å². The summed E-state index contributed by atoms with van der Waals surface area (Å²) in [6.07, 6.45) is 1.33. The molecule has 1 atom stereocenters. The molecule has 1 aliphatic heterocycles. The summed E-state index contributed by atoms with van der Waals surface area (Å²) in [6, 6.07) is 7.93. The first kappa shape index (κ1) is 11.9. The minimum atomic E-state index is 0.00723. The number of nitrogens with two attached hydrogens (primary N) is 1. The molecular weight excluding hydrogens is 216 g/mol. The van der Waals surface area contributed by atoms with E-state index in [0.29, 0.717) is 13.0 Å². The van der Waals surface area contributed by atoms with Gasteiger partial charge in [0.15, 0.2) is 0 Å². The maximum absolute atomic E-state index is 11.6. The molecule has 92 valence electrons. The van der Waals surface area contributed by atoms with E-state index in [-0.39, 0.29) is 11.9 Å². The monoisotopic (exact) mass is 234 g/mol. The molecule has 1 fully saturated rings. The molecule has 0 saturated carbocycles. The SMILES string of the molecule is COc1cccc(CCN2CC(N)CC2=O)c1. The minimum absolute atomic E-state index is 0.00723. The zero-order valence-electron chi connectivity index (χ0n) is 10.1. The van der Waals surface area contributed by atoms with Gasteiger partial charge in [-0.05, 0) is 24.1 Å². The van der Waals surface area contributed by atoms with Crippen LogP contribution in [-0.2, 0) is 11.2 Å². The normalized spacial score (nSPS) is 19.8. The Morgan fingerprint density at radius 1 is 1.53 bits per heavy atom. The average molecular weight is 234 g/mol. The van der Waals surface area contributed by atoms with Gasteiger partial charge >= 0.3 is 0 Å². The Hall–Kier alpha value is -1.55. The molecule has 0 radical (unpaired) electrons. The van der Waals surface area contributed by atoms with E-state index in [1.807, 2.05) is 29.2 Å². The lowest BCUT2D eigenvalue weighted by Gasteiger charge is -2.15. The molecule has 2 N–H and O–H groups in total. The van der Waals surface area contributed by atoms with E-state index in [1.54, 1.807) is 7.11 Å². The lowest BCUT2D eigenvalue weighted by Crippen LogP contribution is -2.30. The third-order valence-electron chi connectivity index (χ3n) is 3.05. The highest BCUT2D eigenvalue weighted by Crippen LogP contribution is 2.15. The van der Waals surface area contributed by atoms with Crippen molar-refractivity contribution >= 4 is 5.91 Å². The van der Waals surface area contributed by atoms with E-state index in [1.165, 1.54) is 5.56 Å². The van der Waals surface area contributed by atoms with Gasteiger partial charge in [-0.15, -0.1) is 0 Å². The summed E-state index contributed by atoms with van der Waals surface area (Å²) in [6.45, 7) is 1.42. The van der Waals surface area contributed by atoms with Gasteiger partial charge in [0, 0.05) is 25.6 Å². The summed E-state index contributed by atoms with van der Waals surface area (Å²) in [4.78, 5) is 13.4. The highest BCUT2D eigenvalue weighted by atomic mass is 16.5. The van der Waals surface area contributed by atoms with Crippen LogP contribution < -0.4 is 10.5 Å². The van der Waals surface area contributed by atoms with Gasteiger partial charge in [-0.2, -0.15) is 0 Å². The van der Waals surface area contributed by atoms with Gasteiger partial charge in [0.05, 0.1) is 7.11 Å². The molecule has 4 nitrogen and oxygen atoms in total. The third-order valence-corrected chi connectivity index (χ3v) is 3.05. The summed E-state index contributed by atoms with van der Waals surface area (Å²) in [5.74, 6) is 1.02. The Kier molecular flexibility index (Phi) is 3.64. The van der Waals surface area contributed by atoms with Gasteiger partial charge < -0.3 is 15.4 Å². The summed E-state index contributed by atoms with van der Waals surface area (Å²) in [5, 5.41) is 0. The first-order chi connectivity index (χ1) is 8.19. The number of rotatable bonds is 4. The fourth-order valence-corrected chi connectivity index (χ4v) is 2.11. The Balaban J connectivity index is 1.91. The van der Waals surface area contributed by atoms with Crippen LogP contribution in [-0.4, -0.2) is 37.0 Å². The maximum atomic E-state index is 11.6. The largest absolute Gasteiger partial charge is 0.497 e. The Morgan fingerprint density at radius 3 is 3.00 bits per heavy atom. The number of ether oxygens (including phenoxy) is 1. The number of methoxy groups -OCH3 is 1. The average Bonchev–Trinajstić information content (AvgIpc) is 2.65. The fraction of sp³-hybridized carbons (Fsp3) is 0.462. The van der Waals surface area contributed by atoms with Crippen LogP contribution in [0.2, 0.25) is 0 Å². The van der Waals surface area contributed by atoms with Crippen LogP contribution in [0.3, 0.4) is 0 Å². The predicted octanol–water partition coefficient (Wildman–Crippen LogP) is 0.797. The van der Waals surface area contributed by atoms with Crippen molar-refractivity contribution in [1.29, 1.82) is 0 Å². The number of carbonyl (C=O) groups excluding carboxylic acids is 1. The maximum Gasteiger partial charge on any atom is 0.224 e. The van der Waals surface area contributed by atoms with Crippen LogP contribution in [0.1, 0.15) is 12.0 Å². The first-order valence-corrected chi connectivity index (χ1v) is 5.85. The van der Waals surface area contributed by atoms with Crippen LogP contribution in [0.5, 0.6) is 5.75 Å². The van der Waals surface area contributed by atoms with Crippen molar-refractivity contribution in [3.8, 4) is 5.75 Å². The lowest BCUT2D eigenvalue weighted by atomic mass is 10.1. The van der Waals surface area contributed by atoms with E-state index in [2.05, 4.69) is 0 Å². The second-order valence-corrected chi connectivity index (χ2v) is 4.41. The van der Waals surface area contributed by atoms with Gasteiger partial charge in [0.25, 0.3) is 0 Å². The topological polar surface area (TPSA) is 55.6 Å². The van der Waals surface area contributed by atoms with Crippen molar-refractivity contribution in [2.24, 2.45) is 5.73 Å². The Bertz CT molecular complexity index is 406. The van der Waals surface area contributed by atoms with Gasteiger partial charge in [0.1, 0.15) is 5.75 Å². The molecule has 0 bridgehead atoms. The van der Waals surface area contributed by atoms with Crippen molar-refractivity contribution < 1.29 is 9.53 Å². The van der Waals surface area contributed by atoms with Crippen molar-refractivity contribution in [2.75, 3.05) is 20.2 Å². The number of hydrogen-bond acceptors (Lipinski definition) is 3. The molecule has 2 rings (SSSR count). The summed E-state index contributed by atoms with van der Waals surface area (Å²) >= 11 is 0. The molecule has 1 aromatic carbocycles. The number of hydrogen-bond donors (Lipinski definition) is 1. The lowest BCUT2D eigenvalue weighted by molar-refractivity contribution is -0.127. The van der Waals surface area contributed by atoms with Crippen molar-refractivity contribution in [1.82, 2.24) is 4.90 Å². The van der Waals surface area contributed by atoms with E-state index in [0.717, 1.165) is 18.7 Å². The van der Waals surface area contributed by atoms with Crippen molar-refractivity contribution in [3.63, 3.8) is 0 Å². The second kappa shape index (κ2) is 5.19. The molecule has 1 heterocycles. The van der Waals surface area contributed by atoms with E-state index < -0.39 is 0 Å². The van der Waals surface area contributed by atoms with Crippen LogP contribution >= 0.6 is 0 Å². The number of carbonyl (C=O) groups is 1. The van der Waals surface area contributed by atoms with Gasteiger partial charge in [-0.1, -0.05) is 12.1 Å². The number of amides is 1. The summed E-state index contributed by atoms with van der Waals surface area (Å²) < 4.78 is 5.16. The molecule has 1 unspecified atom stereocenters. The van der Waals surface area contributed by atoms with Crippen LogP contribution in [0, 0.1) is 0 Å². The predicted molar refractivity (Wildman–Crippen MR) is 65.9 cm³/mol. The van der Waals surface area contributed by atoms with Crippen LogP contribution in [0.15, 0.2) is 24.3 Å². The molecule has 1 amide bonds. The van der Waals surface area contributed by atoms with E-state index >= 15 is 0 Å². The molecule has 4 heteroatoms. The smallest absolute Gasteiger partial charge is 0.224 e. The molecule has 0 aromatic heterocycles. The van der Waals surface area contributed by atoms with Crippen LogP contribution in [0.4, 0.5) is 0 Å². The standard InChI is InChI=1S/C13H18N2O2/c1-17-12-4-2-3-10(7-12)5-6-15-9-11(14)8-13(15)16/h2-4,7,11H,5-6,8-9,14H2,1H3.